The van der Waals surface area contributed by atoms with Crippen LogP contribution >= 0.6 is 0 Å². The first-order valence-electron chi connectivity index (χ1n) is 10.7. The monoisotopic (exact) mass is 405 g/mol. The number of nitrogens with zero attached hydrogens (tertiary/aromatic N) is 2. The average molecular weight is 406 g/mol. The largest absolute Gasteiger partial charge is 0.496 e. The minimum absolute atomic E-state index is 0.246. The van der Waals surface area contributed by atoms with Gasteiger partial charge in [-0.05, 0) is 49.5 Å². The zero-order chi connectivity index (χ0) is 20.8. The van der Waals surface area contributed by atoms with E-state index in [9.17, 15) is 0 Å². The van der Waals surface area contributed by atoms with Crippen LogP contribution in [0.1, 0.15) is 30.1 Å². The SMILES string of the molecule is CN=C(NCc1cc2ccccc2[nH]1)NCC(c1ccccc1OC)N1CCCC1. The molecule has 0 spiro atoms. The molecule has 158 valence electrons. The molecule has 0 amide bonds. The first kappa shape index (κ1) is 20.3. The number of para-hydroxylation sites is 2. The highest BCUT2D eigenvalue weighted by Gasteiger charge is 2.26. The van der Waals surface area contributed by atoms with Gasteiger partial charge in [0.05, 0.1) is 19.7 Å². The van der Waals surface area contributed by atoms with E-state index in [2.05, 4.69) is 61.9 Å². The zero-order valence-electron chi connectivity index (χ0n) is 17.8. The van der Waals surface area contributed by atoms with E-state index < -0.39 is 0 Å². The van der Waals surface area contributed by atoms with E-state index in [0.29, 0.717) is 6.54 Å². The number of fused-ring (bicyclic) bond motifs is 1. The number of H-pyrrole nitrogens is 1. The van der Waals surface area contributed by atoms with Crippen LogP contribution in [0.2, 0.25) is 0 Å². The van der Waals surface area contributed by atoms with Crippen molar-refractivity contribution >= 4 is 16.9 Å². The molecule has 6 nitrogen and oxygen atoms in total. The fourth-order valence-corrected chi connectivity index (χ4v) is 4.25. The van der Waals surface area contributed by atoms with Gasteiger partial charge in [-0.1, -0.05) is 36.4 Å². The quantitative estimate of drug-likeness (QED) is 0.414. The molecular weight excluding hydrogens is 374 g/mol. The van der Waals surface area contributed by atoms with Crippen molar-refractivity contribution in [1.82, 2.24) is 20.5 Å². The summed E-state index contributed by atoms with van der Waals surface area (Å²) < 4.78 is 5.65. The smallest absolute Gasteiger partial charge is 0.191 e. The molecule has 0 radical (unpaired) electrons. The van der Waals surface area contributed by atoms with E-state index in [4.69, 9.17) is 4.74 Å². The maximum atomic E-state index is 5.65. The molecule has 0 aliphatic carbocycles. The van der Waals surface area contributed by atoms with Gasteiger partial charge in [-0.2, -0.15) is 0 Å². The Kier molecular flexibility index (Phi) is 6.54. The maximum Gasteiger partial charge on any atom is 0.191 e. The summed E-state index contributed by atoms with van der Waals surface area (Å²) in [5, 5.41) is 8.18. The van der Waals surface area contributed by atoms with E-state index >= 15 is 0 Å². The normalized spacial score (nSPS) is 16.0. The van der Waals surface area contributed by atoms with Gasteiger partial charge in [0.1, 0.15) is 5.75 Å². The third-order valence-corrected chi connectivity index (χ3v) is 5.80. The first-order valence-corrected chi connectivity index (χ1v) is 10.7. The van der Waals surface area contributed by atoms with Crippen LogP contribution in [0.4, 0.5) is 0 Å². The van der Waals surface area contributed by atoms with E-state index in [-0.39, 0.29) is 6.04 Å². The van der Waals surface area contributed by atoms with Crippen molar-refractivity contribution in [1.29, 1.82) is 0 Å². The highest BCUT2D eigenvalue weighted by Crippen LogP contribution is 2.31. The van der Waals surface area contributed by atoms with Crippen LogP contribution in [0.25, 0.3) is 10.9 Å². The van der Waals surface area contributed by atoms with Crippen LogP contribution in [0.5, 0.6) is 5.75 Å². The molecule has 0 saturated carbocycles. The van der Waals surface area contributed by atoms with Gasteiger partial charge in [0.2, 0.25) is 0 Å². The van der Waals surface area contributed by atoms with Gasteiger partial charge in [0.25, 0.3) is 0 Å². The lowest BCUT2D eigenvalue weighted by molar-refractivity contribution is 0.239. The van der Waals surface area contributed by atoms with Crippen LogP contribution in [-0.4, -0.2) is 49.6 Å². The summed E-state index contributed by atoms with van der Waals surface area (Å²) in [5.74, 6) is 1.74. The molecule has 1 unspecified atom stereocenters. The minimum Gasteiger partial charge on any atom is -0.496 e. The predicted octanol–water partition coefficient (Wildman–Crippen LogP) is 3.68. The summed E-state index contributed by atoms with van der Waals surface area (Å²) >= 11 is 0. The number of aromatic amines is 1. The molecule has 1 aromatic heterocycles. The van der Waals surface area contributed by atoms with Crippen molar-refractivity contribution in [2.24, 2.45) is 4.99 Å². The Hall–Kier alpha value is -2.99. The van der Waals surface area contributed by atoms with Gasteiger partial charge in [-0.25, -0.2) is 0 Å². The Morgan fingerprint density at radius 1 is 1.10 bits per heavy atom. The summed E-state index contributed by atoms with van der Waals surface area (Å²) in [6.07, 6.45) is 2.50. The predicted molar refractivity (Wildman–Crippen MR) is 123 cm³/mol. The molecule has 1 fully saturated rings. The van der Waals surface area contributed by atoms with E-state index in [1.54, 1.807) is 7.11 Å². The van der Waals surface area contributed by atoms with Gasteiger partial charge < -0.3 is 20.4 Å². The Morgan fingerprint density at radius 3 is 2.63 bits per heavy atom. The van der Waals surface area contributed by atoms with Crippen molar-refractivity contribution in [2.75, 3.05) is 33.8 Å². The summed E-state index contributed by atoms with van der Waals surface area (Å²) in [6.45, 7) is 3.70. The van der Waals surface area contributed by atoms with Crippen molar-refractivity contribution in [3.63, 3.8) is 0 Å². The fourth-order valence-electron chi connectivity index (χ4n) is 4.25. The number of ether oxygens (including phenoxy) is 1. The molecule has 4 rings (SSSR count). The molecule has 3 aromatic rings. The van der Waals surface area contributed by atoms with Crippen LogP contribution in [0, 0.1) is 0 Å². The zero-order valence-corrected chi connectivity index (χ0v) is 17.8. The molecule has 30 heavy (non-hydrogen) atoms. The van der Waals surface area contributed by atoms with Crippen LogP contribution in [-0.2, 0) is 6.54 Å². The van der Waals surface area contributed by atoms with Crippen molar-refractivity contribution in [3.8, 4) is 5.75 Å². The van der Waals surface area contributed by atoms with E-state index in [1.165, 1.54) is 23.8 Å². The second-order valence-corrected chi connectivity index (χ2v) is 7.69. The molecule has 3 N–H and O–H groups in total. The standard InChI is InChI=1S/C24H31N5O/c1-25-24(26-16-19-15-18-9-3-5-11-21(18)28-19)27-17-22(29-13-7-8-14-29)20-10-4-6-12-23(20)30-2/h3-6,9-12,15,22,28H,7-8,13-14,16-17H2,1-2H3,(H2,25,26,27). The molecular formula is C24H31N5O. The Bertz CT molecular complexity index is 957. The fraction of sp³-hybridized carbons (Fsp3) is 0.375. The Morgan fingerprint density at radius 2 is 1.87 bits per heavy atom. The number of nitrogens with one attached hydrogen (secondary N) is 3. The van der Waals surface area contributed by atoms with Crippen molar-refractivity contribution < 1.29 is 4.74 Å². The molecule has 1 aliphatic heterocycles. The lowest BCUT2D eigenvalue weighted by Gasteiger charge is -2.30. The Balaban J connectivity index is 1.42. The number of guanidine groups is 1. The van der Waals surface area contributed by atoms with E-state index in [0.717, 1.165) is 42.6 Å². The summed E-state index contributed by atoms with van der Waals surface area (Å²) in [5.41, 5.74) is 3.52. The molecule has 2 aromatic carbocycles. The minimum atomic E-state index is 0.246. The first-order chi connectivity index (χ1) is 14.8. The maximum absolute atomic E-state index is 5.65. The van der Waals surface area contributed by atoms with Crippen LogP contribution < -0.4 is 15.4 Å². The summed E-state index contributed by atoms with van der Waals surface area (Å²) in [4.78, 5) is 10.4. The Labute approximate surface area is 178 Å². The molecule has 1 aliphatic rings. The van der Waals surface area contributed by atoms with Crippen molar-refractivity contribution in [2.45, 2.75) is 25.4 Å². The molecule has 2 heterocycles. The third-order valence-electron chi connectivity index (χ3n) is 5.80. The number of rotatable bonds is 7. The lowest BCUT2D eigenvalue weighted by atomic mass is 10.0. The molecule has 6 heteroatoms. The van der Waals surface area contributed by atoms with Crippen molar-refractivity contribution in [3.05, 3.63) is 65.9 Å². The summed E-state index contributed by atoms with van der Waals surface area (Å²) in [7, 11) is 3.56. The van der Waals surface area contributed by atoms with Crippen LogP contribution in [0.15, 0.2) is 59.6 Å². The van der Waals surface area contributed by atoms with Gasteiger partial charge in [-0.3, -0.25) is 9.89 Å². The average Bonchev–Trinajstić information content (AvgIpc) is 3.46. The van der Waals surface area contributed by atoms with Gasteiger partial charge in [0.15, 0.2) is 5.96 Å². The van der Waals surface area contributed by atoms with Gasteiger partial charge in [0, 0.05) is 30.4 Å². The number of methoxy groups -OCH3 is 1. The lowest BCUT2D eigenvalue weighted by Crippen LogP contribution is -2.42. The highest BCUT2D eigenvalue weighted by molar-refractivity contribution is 5.81. The number of hydrogen-bond acceptors (Lipinski definition) is 3. The second kappa shape index (κ2) is 9.67. The van der Waals surface area contributed by atoms with Gasteiger partial charge >= 0.3 is 0 Å². The number of aliphatic imine (C=N–C) groups is 1. The third kappa shape index (κ3) is 4.60. The second-order valence-electron chi connectivity index (χ2n) is 7.69. The van der Waals surface area contributed by atoms with E-state index in [1.807, 2.05) is 25.2 Å². The molecule has 1 saturated heterocycles. The van der Waals surface area contributed by atoms with Gasteiger partial charge in [-0.15, -0.1) is 0 Å². The number of benzene rings is 2. The number of hydrogen-bond donors (Lipinski definition) is 3. The summed E-state index contributed by atoms with van der Waals surface area (Å²) in [6, 6.07) is 19.1. The number of likely N-dealkylation sites (tertiary alicyclic amines) is 1. The topological polar surface area (TPSA) is 64.7 Å². The molecule has 0 bridgehead atoms. The number of aromatic nitrogens is 1. The highest BCUT2D eigenvalue weighted by atomic mass is 16.5. The molecule has 1 atom stereocenters. The van der Waals surface area contributed by atoms with Crippen LogP contribution in [0.3, 0.4) is 0 Å².